The molecule has 2 N–H and O–H groups in total. The topological polar surface area (TPSA) is 92.5 Å². The Balaban J connectivity index is 1.09. The van der Waals surface area contributed by atoms with Crippen molar-refractivity contribution in [3.05, 3.63) is 58.0 Å². The molecule has 1 saturated heterocycles. The second-order valence-corrected chi connectivity index (χ2v) is 10.3. The number of halogens is 1. The Morgan fingerprint density at radius 2 is 2.18 bits per heavy atom. The normalized spacial score (nSPS) is 24.2. The van der Waals surface area contributed by atoms with Gasteiger partial charge in [0.2, 0.25) is 0 Å². The largest absolute Gasteiger partial charge is 0.490 e. The summed E-state index contributed by atoms with van der Waals surface area (Å²) in [6.45, 7) is 3.60. The zero-order valence-corrected chi connectivity index (χ0v) is 19.4. The zero-order chi connectivity index (χ0) is 23.2. The first-order chi connectivity index (χ1) is 16.6. The Labute approximate surface area is 200 Å². The minimum Gasteiger partial charge on any atom is -0.490 e. The number of pyridine rings is 3. The van der Waals surface area contributed by atoms with Gasteiger partial charge >= 0.3 is 0 Å². The van der Waals surface area contributed by atoms with Crippen LogP contribution in [0.1, 0.15) is 23.6 Å². The lowest BCUT2D eigenvalue weighted by atomic mass is 9.97. The maximum atomic E-state index is 14.7. The van der Waals surface area contributed by atoms with Crippen molar-refractivity contribution >= 4 is 22.8 Å². The van der Waals surface area contributed by atoms with Crippen molar-refractivity contribution in [2.75, 3.05) is 32.0 Å². The summed E-state index contributed by atoms with van der Waals surface area (Å²) in [5.74, 6) is 1.27. The Morgan fingerprint density at radius 3 is 3.06 bits per heavy atom. The van der Waals surface area contributed by atoms with Gasteiger partial charge in [-0.05, 0) is 25.1 Å². The molecule has 6 rings (SSSR count). The van der Waals surface area contributed by atoms with Crippen molar-refractivity contribution in [3.63, 3.8) is 0 Å². The SMILES string of the molecule is O=c1ccc2ncc(F)c3c2n1CC3CN1CC[C@H](NCc2cc3c(cn2)OCCS3)[C@H](O)C1. The maximum Gasteiger partial charge on any atom is 0.251 e. The lowest BCUT2D eigenvalue weighted by Crippen LogP contribution is -2.53. The molecule has 0 amide bonds. The molecule has 1 fully saturated rings. The van der Waals surface area contributed by atoms with Gasteiger partial charge in [0.1, 0.15) is 5.82 Å². The molecule has 0 aromatic carbocycles. The minimum atomic E-state index is -0.544. The lowest BCUT2D eigenvalue weighted by molar-refractivity contribution is 0.0367. The molecule has 34 heavy (non-hydrogen) atoms. The Hall–Kier alpha value is -2.53. The number of hydrogen-bond donors (Lipinski definition) is 2. The van der Waals surface area contributed by atoms with Gasteiger partial charge in [0, 0.05) is 55.5 Å². The number of piperidine rings is 1. The number of β-amino-alcohol motifs (C(OH)–C–C–N with tert-alkyl or cyclic N) is 1. The van der Waals surface area contributed by atoms with Crippen molar-refractivity contribution in [1.29, 1.82) is 0 Å². The van der Waals surface area contributed by atoms with Crippen LogP contribution in [0.2, 0.25) is 0 Å². The minimum absolute atomic E-state index is 0.0363. The number of thioether (sulfide) groups is 1. The molecule has 3 atom stereocenters. The standard InChI is InChI=1S/C24H26FN5O3S/c25-16-9-28-18-1-2-22(32)30-12-14(23(16)24(18)30)11-29-4-3-17(19(31)13-29)27-8-15-7-21-20(10-26-15)33-5-6-34-21/h1-2,7,9-10,14,17,19,27,31H,3-6,8,11-13H2/t14?,17-,19+/m0/s1. The number of aliphatic hydroxyl groups excluding tert-OH is 1. The number of nitrogens with zero attached hydrogens (tertiary/aromatic N) is 4. The molecule has 0 saturated carbocycles. The average molecular weight is 484 g/mol. The molecule has 3 aliphatic rings. The van der Waals surface area contributed by atoms with E-state index in [9.17, 15) is 14.3 Å². The highest BCUT2D eigenvalue weighted by Gasteiger charge is 2.34. The van der Waals surface area contributed by atoms with Crippen LogP contribution in [0.25, 0.3) is 11.0 Å². The van der Waals surface area contributed by atoms with E-state index >= 15 is 0 Å². The number of nitrogens with one attached hydrogen (secondary N) is 1. The van der Waals surface area contributed by atoms with Crippen molar-refractivity contribution < 1.29 is 14.2 Å². The summed E-state index contributed by atoms with van der Waals surface area (Å²) in [7, 11) is 0. The number of ether oxygens (including phenoxy) is 1. The third kappa shape index (κ3) is 3.98. The average Bonchev–Trinajstić information content (AvgIpc) is 3.23. The monoisotopic (exact) mass is 483 g/mol. The van der Waals surface area contributed by atoms with Gasteiger partial charge < -0.3 is 19.7 Å². The molecule has 3 aliphatic heterocycles. The third-order valence-electron chi connectivity index (χ3n) is 6.98. The number of fused-ring (bicyclic) bond motifs is 1. The van der Waals surface area contributed by atoms with Gasteiger partial charge in [-0.1, -0.05) is 0 Å². The number of hydrogen-bond acceptors (Lipinski definition) is 8. The van der Waals surface area contributed by atoms with Crippen molar-refractivity contribution in [2.24, 2.45) is 0 Å². The molecule has 0 aliphatic carbocycles. The molecule has 0 radical (unpaired) electrons. The van der Waals surface area contributed by atoms with E-state index in [0.29, 0.717) is 49.4 Å². The van der Waals surface area contributed by atoms with E-state index < -0.39 is 6.10 Å². The van der Waals surface area contributed by atoms with Crippen LogP contribution in [0.15, 0.2) is 40.3 Å². The van der Waals surface area contributed by atoms with Gasteiger partial charge in [-0.25, -0.2) is 4.39 Å². The summed E-state index contributed by atoms with van der Waals surface area (Å²) in [6.07, 6.45) is 3.25. The fourth-order valence-electron chi connectivity index (χ4n) is 5.33. The highest BCUT2D eigenvalue weighted by atomic mass is 32.2. The first-order valence-corrected chi connectivity index (χ1v) is 12.6. The summed E-state index contributed by atoms with van der Waals surface area (Å²) >= 11 is 1.78. The predicted molar refractivity (Wildman–Crippen MR) is 127 cm³/mol. The quantitative estimate of drug-likeness (QED) is 0.567. The summed E-state index contributed by atoms with van der Waals surface area (Å²) in [6, 6.07) is 5.16. The van der Waals surface area contributed by atoms with Crippen LogP contribution in [-0.2, 0) is 13.1 Å². The van der Waals surface area contributed by atoms with E-state index in [1.807, 2.05) is 0 Å². The van der Waals surface area contributed by atoms with Crippen molar-refractivity contribution in [2.45, 2.75) is 42.5 Å². The number of aromatic nitrogens is 3. The third-order valence-corrected chi connectivity index (χ3v) is 7.98. The van der Waals surface area contributed by atoms with Crippen molar-refractivity contribution in [3.8, 4) is 5.75 Å². The first kappa shape index (κ1) is 22.0. The van der Waals surface area contributed by atoms with Crippen LogP contribution < -0.4 is 15.6 Å². The molecule has 178 valence electrons. The fourth-order valence-corrected chi connectivity index (χ4v) is 6.19. The smallest absolute Gasteiger partial charge is 0.251 e. The van der Waals surface area contributed by atoms with Crippen LogP contribution in [0, 0.1) is 5.82 Å². The molecule has 6 heterocycles. The molecular formula is C24H26FN5O3S. The molecule has 8 nitrogen and oxygen atoms in total. The Morgan fingerprint density at radius 1 is 1.26 bits per heavy atom. The highest BCUT2D eigenvalue weighted by Crippen LogP contribution is 2.35. The van der Waals surface area contributed by atoms with Crippen molar-refractivity contribution in [1.82, 2.24) is 24.8 Å². The van der Waals surface area contributed by atoms with Crippen LogP contribution >= 0.6 is 11.8 Å². The Kier molecular flexibility index (Phi) is 5.76. The summed E-state index contributed by atoms with van der Waals surface area (Å²) < 4.78 is 22.0. The molecule has 3 aromatic rings. The van der Waals surface area contributed by atoms with Gasteiger partial charge in [-0.2, -0.15) is 0 Å². The van der Waals surface area contributed by atoms with Gasteiger partial charge in [-0.3, -0.25) is 19.7 Å². The van der Waals surface area contributed by atoms with E-state index in [4.69, 9.17) is 4.74 Å². The van der Waals surface area contributed by atoms with Crippen LogP contribution in [0.5, 0.6) is 5.75 Å². The van der Waals surface area contributed by atoms with E-state index in [0.717, 1.165) is 35.1 Å². The van der Waals surface area contributed by atoms with E-state index in [-0.39, 0.29) is 23.3 Å². The van der Waals surface area contributed by atoms with Gasteiger partial charge in [0.05, 0.1) is 46.7 Å². The van der Waals surface area contributed by atoms with E-state index in [2.05, 4.69) is 26.3 Å². The van der Waals surface area contributed by atoms with E-state index in [1.54, 1.807) is 28.6 Å². The number of aliphatic hydroxyl groups is 1. The molecule has 10 heteroatoms. The highest BCUT2D eigenvalue weighted by molar-refractivity contribution is 7.99. The second-order valence-electron chi connectivity index (χ2n) is 9.16. The van der Waals surface area contributed by atoms with Crippen LogP contribution in [-0.4, -0.2) is 68.7 Å². The summed E-state index contributed by atoms with van der Waals surface area (Å²) in [4.78, 5) is 24.3. The molecule has 0 bridgehead atoms. The van der Waals surface area contributed by atoms with Gasteiger partial charge in [-0.15, -0.1) is 11.8 Å². The second kappa shape index (κ2) is 8.92. The zero-order valence-electron chi connectivity index (χ0n) is 18.6. The molecule has 3 aromatic heterocycles. The Bertz CT molecular complexity index is 1300. The first-order valence-electron chi connectivity index (χ1n) is 11.6. The number of likely N-dealkylation sites (tertiary alicyclic amines) is 1. The maximum absolute atomic E-state index is 14.7. The van der Waals surface area contributed by atoms with Crippen LogP contribution in [0.4, 0.5) is 4.39 Å². The molecule has 0 spiro atoms. The van der Waals surface area contributed by atoms with Crippen LogP contribution in [0.3, 0.4) is 0 Å². The lowest BCUT2D eigenvalue weighted by Gasteiger charge is -2.37. The number of rotatable bonds is 5. The van der Waals surface area contributed by atoms with E-state index in [1.165, 1.54) is 12.3 Å². The summed E-state index contributed by atoms with van der Waals surface area (Å²) in [5.41, 5.74) is 2.61. The molecular weight excluding hydrogens is 457 g/mol. The van der Waals surface area contributed by atoms with Gasteiger partial charge in [0.15, 0.2) is 5.75 Å². The molecule has 1 unspecified atom stereocenters. The predicted octanol–water partition coefficient (Wildman–Crippen LogP) is 1.74. The summed E-state index contributed by atoms with van der Waals surface area (Å²) in [5, 5.41) is 14.3. The fraction of sp³-hybridized carbons (Fsp3) is 0.458. The van der Waals surface area contributed by atoms with Gasteiger partial charge in [0.25, 0.3) is 5.56 Å².